The van der Waals surface area contributed by atoms with Crippen LogP contribution in [0.1, 0.15) is 28.8 Å². The van der Waals surface area contributed by atoms with Crippen LogP contribution in [0.2, 0.25) is 5.02 Å². The van der Waals surface area contributed by atoms with Gasteiger partial charge in [0.1, 0.15) is 0 Å². The molecule has 132 valence electrons. The van der Waals surface area contributed by atoms with Crippen LogP contribution in [0.15, 0.2) is 54.6 Å². The average Bonchev–Trinajstić information content (AvgIpc) is 2.64. The zero-order valence-electron chi connectivity index (χ0n) is 13.8. The Morgan fingerprint density at radius 2 is 1.60 bits per heavy atom. The van der Waals surface area contributed by atoms with Crippen molar-refractivity contribution in [3.8, 4) is 0 Å². The molecule has 0 radical (unpaired) electrons. The number of ketones is 1. The number of Topliss-reactive ketones (excluding diaryl/α,β-unsaturated/α-hetero) is 1. The molecular formula is C19H20ClNO3S. The molecule has 0 saturated carbocycles. The summed E-state index contributed by atoms with van der Waals surface area (Å²) >= 11 is 5.84. The first-order valence-electron chi connectivity index (χ1n) is 8.27. The molecule has 1 aliphatic rings. The maximum Gasteiger partial charge on any atom is 0.218 e. The molecule has 25 heavy (non-hydrogen) atoms. The smallest absolute Gasteiger partial charge is 0.218 e. The highest BCUT2D eigenvalue weighted by atomic mass is 35.5. The van der Waals surface area contributed by atoms with E-state index in [-0.39, 0.29) is 17.5 Å². The predicted octanol–water partition coefficient (Wildman–Crippen LogP) is 3.76. The quantitative estimate of drug-likeness (QED) is 0.745. The lowest BCUT2D eigenvalue weighted by Crippen LogP contribution is -2.40. The van der Waals surface area contributed by atoms with Crippen LogP contribution < -0.4 is 0 Å². The van der Waals surface area contributed by atoms with E-state index in [1.165, 1.54) is 4.31 Å². The van der Waals surface area contributed by atoms with Crippen LogP contribution in [0.3, 0.4) is 0 Å². The van der Waals surface area contributed by atoms with Crippen LogP contribution >= 0.6 is 11.6 Å². The normalized spacial score (nSPS) is 16.7. The maximum absolute atomic E-state index is 12.6. The summed E-state index contributed by atoms with van der Waals surface area (Å²) < 4.78 is 26.7. The lowest BCUT2D eigenvalue weighted by atomic mass is 9.90. The number of piperidine rings is 1. The molecule has 0 atom stereocenters. The van der Waals surface area contributed by atoms with E-state index in [1.807, 2.05) is 30.3 Å². The van der Waals surface area contributed by atoms with Crippen LogP contribution in [0.4, 0.5) is 0 Å². The second-order valence-electron chi connectivity index (χ2n) is 6.29. The number of benzene rings is 2. The fraction of sp³-hybridized carbons (Fsp3) is 0.316. The third-order valence-corrected chi connectivity index (χ3v) is 6.64. The van der Waals surface area contributed by atoms with Crippen molar-refractivity contribution in [1.82, 2.24) is 4.31 Å². The van der Waals surface area contributed by atoms with Crippen molar-refractivity contribution in [2.75, 3.05) is 13.1 Å². The van der Waals surface area contributed by atoms with E-state index >= 15 is 0 Å². The summed E-state index contributed by atoms with van der Waals surface area (Å²) in [6.45, 7) is 0.776. The zero-order valence-corrected chi connectivity index (χ0v) is 15.3. The second-order valence-corrected chi connectivity index (χ2v) is 8.69. The van der Waals surface area contributed by atoms with Gasteiger partial charge in [-0.15, -0.1) is 0 Å². The summed E-state index contributed by atoms with van der Waals surface area (Å²) in [5.41, 5.74) is 1.41. The SMILES string of the molecule is O=C(c1ccccc1)C1CCN(S(=O)(=O)Cc2ccc(Cl)cc2)CC1. The van der Waals surface area contributed by atoms with Crippen LogP contribution in [0, 0.1) is 5.92 Å². The molecule has 0 N–H and O–H groups in total. The lowest BCUT2D eigenvalue weighted by Gasteiger charge is -2.30. The van der Waals surface area contributed by atoms with Gasteiger partial charge in [-0.2, -0.15) is 0 Å². The topological polar surface area (TPSA) is 54.5 Å². The minimum Gasteiger partial charge on any atom is -0.294 e. The minimum atomic E-state index is -3.38. The molecule has 3 rings (SSSR count). The first-order valence-corrected chi connectivity index (χ1v) is 10.3. The third-order valence-electron chi connectivity index (χ3n) is 4.54. The van der Waals surface area contributed by atoms with E-state index in [0.717, 1.165) is 0 Å². The van der Waals surface area contributed by atoms with Crippen LogP contribution in [-0.2, 0) is 15.8 Å². The van der Waals surface area contributed by atoms with E-state index < -0.39 is 10.0 Å². The van der Waals surface area contributed by atoms with Gasteiger partial charge in [0.15, 0.2) is 5.78 Å². The fourth-order valence-corrected chi connectivity index (χ4v) is 4.81. The van der Waals surface area contributed by atoms with E-state index in [1.54, 1.807) is 24.3 Å². The number of sulfonamides is 1. The molecule has 0 aliphatic carbocycles. The van der Waals surface area contributed by atoms with Gasteiger partial charge in [0.2, 0.25) is 10.0 Å². The standard InChI is InChI=1S/C19H20ClNO3S/c20-18-8-6-15(7-9-18)14-25(23,24)21-12-10-17(11-13-21)19(22)16-4-2-1-3-5-16/h1-9,17H,10-14H2. The summed E-state index contributed by atoms with van der Waals surface area (Å²) in [5.74, 6) is -0.0405. The van der Waals surface area contributed by atoms with Gasteiger partial charge in [-0.3, -0.25) is 4.79 Å². The molecule has 2 aromatic carbocycles. The molecule has 1 aliphatic heterocycles. The van der Waals surface area contributed by atoms with Crippen molar-refractivity contribution < 1.29 is 13.2 Å². The van der Waals surface area contributed by atoms with Crippen molar-refractivity contribution in [2.45, 2.75) is 18.6 Å². The van der Waals surface area contributed by atoms with Gasteiger partial charge in [-0.05, 0) is 30.5 Å². The Hall–Kier alpha value is -1.69. The van der Waals surface area contributed by atoms with Gasteiger partial charge < -0.3 is 0 Å². The number of halogens is 1. The Morgan fingerprint density at radius 1 is 1.00 bits per heavy atom. The van der Waals surface area contributed by atoms with E-state index in [4.69, 9.17) is 11.6 Å². The molecule has 0 aromatic heterocycles. The summed E-state index contributed by atoms with van der Waals surface area (Å²) in [6, 6.07) is 16.0. The molecule has 0 bridgehead atoms. The van der Waals surface area contributed by atoms with Gasteiger partial charge in [0.25, 0.3) is 0 Å². The zero-order chi connectivity index (χ0) is 17.9. The molecule has 0 spiro atoms. The van der Waals surface area contributed by atoms with Crippen molar-refractivity contribution in [1.29, 1.82) is 0 Å². The molecule has 1 saturated heterocycles. The number of hydrogen-bond acceptors (Lipinski definition) is 3. The summed E-state index contributed by atoms with van der Waals surface area (Å²) in [5, 5.41) is 0.585. The van der Waals surface area contributed by atoms with Gasteiger partial charge in [-0.25, -0.2) is 12.7 Å². The average molecular weight is 378 g/mol. The molecule has 1 fully saturated rings. The van der Waals surface area contributed by atoms with E-state index in [0.29, 0.717) is 42.1 Å². The van der Waals surface area contributed by atoms with Gasteiger partial charge in [0, 0.05) is 29.6 Å². The Labute approximate surface area is 153 Å². The van der Waals surface area contributed by atoms with Gasteiger partial charge in [0.05, 0.1) is 5.75 Å². The first kappa shape index (κ1) is 18.1. The Balaban J connectivity index is 1.61. The predicted molar refractivity (Wildman–Crippen MR) is 99.1 cm³/mol. The molecule has 0 amide bonds. The Morgan fingerprint density at radius 3 is 2.20 bits per heavy atom. The van der Waals surface area contributed by atoms with Crippen LogP contribution in [0.25, 0.3) is 0 Å². The number of hydrogen-bond donors (Lipinski definition) is 0. The Bertz CT molecular complexity index is 827. The minimum absolute atomic E-state index is 0.0402. The van der Waals surface area contributed by atoms with Crippen molar-refractivity contribution in [2.24, 2.45) is 5.92 Å². The highest BCUT2D eigenvalue weighted by molar-refractivity contribution is 7.88. The monoisotopic (exact) mass is 377 g/mol. The van der Waals surface area contributed by atoms with Crippen LogP contribution in [-0.4, -0.2) is 31.6 Å². The van der Waals surface area contributed by atoms with Crippen molar-refractivity contribution >= 4 is 27.4 Å². The first-order chi connectivity index (χ1) is 12.0. The number of carbonyl (C=O) groups is 1. The molecule has 1 heterocycles. The summed E-state index contributed by atoms with van der Waals surface area (Å²) in [7, 11) is -3.38. The maximum atomic E-state index is 12.6. The molecule has 6 heteroatoms. The number of nitrogens with zero attached hydrogens (tertiary/aromatic N) is 1. The fourth-order valence-electron chi connectivity index (χ4n) is 3.12. The van der Waals surface area contributed by atoms with Gasteiger partial charge >= 0.3 is 0 Å². The molecule has 4 nitrogen and oxygen atoms in total. The van der Waals surface area contributed by atoms with Gasteiger partial charge in [-0.1, -0.05) is 54.1 Å². The highest BCUT2D eigenvalue weighted by Gasteiger charge is 2.31. The lowest BCUT2D eigenvalue weighted by molar-refractivity contribution is 0.0875. The van der Waals surface area contributed by atoms with Crippen LogP contribution in [0.5, 0.6) is 0 Å². The molecule has 0 unspecified atom stereocenters. The molecular weight excluding hydrogens is 358 g/mol. The van der Waals surface area contributed by atoms with Crippen molar-refractivity contribution in [3.63, 3.8) is 0 Å². The Kier molecular flexibility index (Phi) is 5.57. The van der Waals surface area contributed by atoms with E-state index in [9.17, 15) is 13.2 Å². The number of carbonyl (C=O) groups excluding carboxylic acids is 1. The molecule has 2 aromatic rings. The second kappa shape index (κ2) is 7.68. The summed E-state index contributed by atoms with van der Waals surface area (Å²) in [4.78, 5) is 12.5. The summed E-state index contributed by atoms with van der Waals surface area (Å²) in [6.07, 6.45) is 1.13. The third kappa shape index (κ3) is 4.48. The number of rotatable bonds is 5. The van der Waals surface area contributed by atoms with E-state index in [2.05, 4.69) is 0 Å². The highest BCUT2D eigenvalue weighted by Crippen LogP contribution is 2.25. The van der Waals surface area contributed by atoms with Crippen molar-refractivity contribution in [3.05, 3.63) is 70.7 Å². The largest absolute Gasteiger partial charge is 0.294 e.